The summed E-state index contributed by atoms with van der Waals surface area (Å²) >= 11 is 1.66. The summed E-state index contributed by atoms with van der Waals surface area (Å²) in [6, 6.07) is 6.04. The molecule has 1 aromatic carbocycles. The highest BCUT2D eigenvalue weighted by Gasteiger charge is 2.04. The third kappa shape index (κ3) is 2.80. The lowest BCUT2D eigenvalue weighted by Crippen LogP contribution is -2.01. The van der Waals surface area contributed by atoms with Crippen molar-refractivity contribution in [1.29, 1.82) is 0 Å². The quantitative estimate of drug-likeness (QED) is 0.795. The van der Waals surface area contributed by atoms with Gasteiger partial charge in [-0.3, -0.25) is 0 Å². The molecule has 0 N–H and O–H groups in total. The fourth-order valence-corrected chi connectivity index (χ4v) is 0.972. The van der Waals surface area contributed by atoms with E-state index in [1.54, 1.807) is 35.1 Å². The summed E-state index contributed by atoms with van der Waals surface area (Å²) in [5.41, 5.74) is 0. The minimum atomic E-state index is -2.80. The second-order valence-corrected chi connectivity index (χ2v) is 2.37. The normalized spacial score (nSPS) is 10.0. The van der Waals surface area contributed by atoms with Crippen molar-refractivity contribution < 1.29 is 16.6 Å². The van der Waals surface area contributed by atoms with Gasteiger partial charge in [0.25, 0.3) is 0 Å². The number of hydrogen-bond donors (Lipinski definition) is 0. The Morgan fingerprint density at radius 3 is 2.50 bits per heavy atom. The predicted octanol–water partition coefficient (Wildman–Crippen LogP) is 3.02. The van der Waals surface area contributed by atoms with Crippen molar-refractivity contribution in [2.75, 3.05) is 0 Å². The molecule has 0 amide bonds. The van der Waals surface area contributed by atoms with Crippen LogP contribution in [0.25, 0.3) is 0 Å². The number of halogens is 3. The molecule has 0 atom stereocenters. The van der Waals surface area contributed by atoms with Crippen molar-refractivity contribution in [1.82, 2.24) is 0 Å². The highest BCUT2D eigenvalue weighted by Crippen LogP contribution is 2.21. The molecule has 0 bridgehead atoms. The van der Waals surface area contributed by atoms with Crippen LogP contribution in [0.3, 0.4) is 0 Å². The van der Waals surface area contributed by atoms with Gasteiger partial charge in [-0.2, -0.15) is 8.78 Å². The Labute approximate surface area is 82.2 Å². The Bertz CT molecular complexity index is 255. The first kappa shape index (κ1) is 9.50. The monoisotopic (exact) mass is 286 g/mol. The van der Waals surface area contributed by atoms with Crippen molar-refractivity contribution in [3.05, 3.63) is 24.3 Å². The van der Waals surface area contributed by atoms with E-state index in [0.29, 0.717) is 5.75 Å². The first-order valence-electron chi connectivity index (χ1n) is 3.06. The van der Waals surface area contributed by atoms with E-state index in [4.69, 9.17) is 3.07 Å². The topological polar surface area (TPSA) is 18.5 Å². The van der Waals surface area contributed by atoms with Gasteiger partial charge in [0.2, 0.25) is 0 Å². The van der Waals surface area contributed by atoms with Gasteiger partial charge in [-0.25, -0.2) is 0 Å². The van der Waals surface area contributed by atoms with Crippen LogP contribution in [0.2, 0.25) is 0 Å². The van der Waals surface area contributed by atoms with E-state index in [2.05, 4.69) is 4.74 Å². The lowest BCUT2D eigenvalue weighted by molar-refractivity contribution is -0.0498. The second-order valence-electron chi connectivity index (χ2n) is 1.93. The average molecular weight is 286 g/mol. The number of rotatable bonds is 3. The van der Waals surface area contributed by atoms with E-state index in [-0.39, 0.29) is 5.75 Å². The van der Waals surface area contributed by atoms with Crippen LogP contribution in [0.15, 0.2) is 24.3 Å². The Morgan fingerprint density at radius 2 is 1.92 bits per heavy atom. The van der Waals surface area contributed by atoms with E-state index in [9.17, 15) is 8.78 Å². The molecule has 0 saturated heterocycles. The van der Waals surface area contributed by atoms with Crippen LogP contribution in [0.1, 0.15) is 0 Å². The summed E-state index contributed by atoms with van der Waals surface area (Å²) in [6.07, 6.45) is 0. The Hall–Kier alpha value is -0.590. The smallest absolute Gasteiger partial charge is 0.387 e. The Balaban J connectivity index is 2.72. The van der Waals surface area contributed by atoms with Crippen LogP contribution in [0.4, 0.5) is 8.78 Å². The van der Waals surface area contributed by atoms with E-state index in [0.717, 1.165) is 0 Å². The molecular weight excluding hydrogens is 281 g/mol. The molecular formula is C7H5F2IO2. The molecule has 0 aliphatic rings. The molecule has 0 unspecified atom stereocenters. The van der Waals surface area contributed by atoms with Crippen molar-refractivity contribution in [3.8, 4) is 11.5 Å². The van der Waals surface area contributed by atoms with Gasteiger partial charge < -0.3 is 7.80 Å². The fourth-order valence-electron chi connectivity index (χ4n) is 0.698. The van der Waals surface area contributed by atoms with Crippen LogP contribution < -0.4 is 7.80 Å². The minimum absolute atomic E-state index is 0.0965. The summed E-state index contributed by atoms with van der Waals surface area (Å²) in [7, 11) is 0. The first-order chi connectivity index (χ1) is 5.72. The maximum absolute atomic E-state index is 11.7. The molecule has 0 radical (unpaired) electrons. The van der Waals surface area contributed by atoms with Crippen LogP contribution in [0, 0.1) is 0 Å². The SMILES string of the molecule is FC(F)Oc1cccc(OI)c1. The molecule has 1 aromatic rings. The molecule has 12 heavy (non-hydrogen) atoms. The van der Waals surface area contributed by atoms with E-state index < -0.39 is 6.61 Å². The summed E-state index contributed by atoms with van der Waals surface area (Å²) in [4.78, 5) is 0. The van der Waals surface area contributed by atoms with Crippen molar-refractivity contribution in [2.45, 2.75) is 6.61 Å². The van der Waals surface area contributed by atoms with Crippen LogP contribution in [-0.2, 0) is 0 Å². The summed E-state index contributed by atoms with van der Waals surface area (Å²) in [6.45, 7) is -2.80. The Morgan fingerprint density at radius 1 is 1.25 bits per heavy atom. The van der Waals surface area contributed by atoms with Crippen molar-refractivity contribution in [2.24, 2.45) is 0 Å². The first-order valence-corrected chi connectivity index (χ1v) is 3.94. The van der Waals surface area contributed by atoms with Crippen molar-refractivity contribution in [3.63, 3.8) is 0 Å². The standard InChI is InChI=1S/C7H5F2IO2/c8-7(9)11-5-2-1-3-6(4-5)12-10/h1-4,7H. The maximum Gasteiger partial charge on any atom is 0.387 e. The molecule has 1 rings (SSSR count). The third-order valence-corrected chi connectivity index (χ3v) is 1.63. The number of alkyl halides is 2. The van der Waals surface area contributed by atoms with Crippen LogP contribution in [0.5, 0.6) is 11.5 Å². The van der Waals surface area contributed by atoms with Gasteiger partial charge in [0.05, 0.1) is 0 Å². The summed E-state index contributed by atoms with van der Waals surface area (Å²) in [5, 5.41) is 0. The minimum Gasteiger partial charge on any atom is -0.435 e. The lowest BCUT2D eigenvalue weighted by Gasteiger charge is -2.04. The zero-order chi connectivity index (χ0) is 8.97. The van der Waals surface area contributed by atoms with Crippen LogP contribution >= 0.6 is 23.0 Å². The van der Waals surface area contributed by atoms with E-state index >= 15 is 0 Å². The zero-order valence-corrected chi connectivity index (χ0v) is 7.99. The van der Waals surface area contributed by atoms with Gasteiger partial charge in [-0.05, 0) is 12.1 Å². The van der Waals surface area contributed by atoms with Crippen LogP contribution in [-0.4, -0.2) is 6.61 Å². The molecule has 0 aliphatic carbocycles. The van der Waals surface area contributed by atoms with E-state index in [1.165, 1.54) is 12.1 Å². The van der Waals surface area contributed by atoms with Gasteiger partial charge in [0.1, 0.15) is 11.5 Å². The van der Waals surface area contributed by atoms with Gasteiger partial charge in [0.15, 0.2) is 23.0 Å². The molecule has 0 aromatic heterocycles. The van der Waals surface area contributed by atoms with Gasteiger partial charge in [-0.1, -0.05) is 6.07 Å². The summed E-state index contributed by atoms with van der Waals surface area (Å²) in [5.74, 6) is 0.577. The number of benzene rings is 1. The molecule has 66 valence electrons. The molecule has 2 nitrogen and oxygen atoms in total. The van der Waals surface area contributed by atoms with E-state index in [1.807, 2.05) is 0 Å². The third-order valence-electron chi connectivity index (χ3n) is 1.12. The fraction of sp³-hybridized carbons (Fsp3) is 0.143. The maximum atomic E-state index is 11.7. The predicted molar refractivity (Wildman–Crippen MR) is 47.7 cm³/mol. The number of hydrogen-bond acceptors (Lipinski definition) is 2. The molecule has 0 saturated carbocycles. The molecule has 0 spiro atoms. The largest absolute Gasteiger partial charge is 0.435 e. The summed E-state index contributed by atoms with van der Waals surface area (Å²) < 4.78 is 32.3. The lowest BCUT2D eigenvalue weighted by atomic mass is 10.3. The zero-order valence-electron chi connectivity index (χ0n) is 5.84. The molecule has 0 aliphatic heterocycles. The molecule has 0 heterocycles. The molecule has 5 heteroatoms. The van der Waals surface area contributed by atoms with Crippen molar-refractivity contribution >= 4 is 23.0 Å². The van der Waals surface area contributed by atoms with Gasteiger partial charge in [0, 0.05) is 6.07 Å². The number of ether oxygens (including phenoxy) is 1. The average Bonchev–Trinajstić information content (AvgIpc) is 2.03. The highest BCUT2D eigenvalue weighted by molar-refractivity contribution is 14.1. The van der Waals surface area contributed by atoms with Gasteiger partial charge >= 0.3 is 6.61 Å². The highest BCUT2D eigenvalue weighted by atomic mass is 127. The van der Waals surface area contributed by atoms with Gasteiger partial charge in [-0.15, -0.1) is 0 Å². The Kier molecular flexibility index (Phi) is 3.51. The molecule has 0 fully saturated rings. The second kappa shape index (κ2) is 4.44.